The van der Waals surface area contributed by atoms with Gasteiger partial charge < -0.3 is 34.8 Å². The standard InChI is InChI=1S/C30H40N6O5/c1-4-15-31-24-11-12-25(32-16-5-2)33-26(24)34-18-20-35(21-19-34)29(39)41-22-23-10-9-17-36(23)27(37)30(13-7-8-14-30)28(38)40-6-3/h1-2,11-12,23,31H,6-10,13-22H2,3H3,(H,32,33). The Morgan fingerprint density at radius 2 is 1.71 bits per heavy atom. The van der Waals surface area contributed by atoms with Crippen LogP contribution in [0, 0.1) is 30.1 Å². The molecule has 1 saturated carbocycles. The molecule has 220 valence electrons. The van der Waals surface area contributed by atoms with Crippen molar-refractivity contribution >= 4 is 35.3 Å². The predicted octanol–water partition coefficient (Wildman–Crippen LogP) is 2.54. The maximum absolute atomic E-state index is 13.6. The Balaban J connectivity index is 1.33. The molecule has 3 fully saturated rings. The number of ether oxygens (including phenoxy) is 2. The third-order valence-corrected chi connectivity index (χ3v) is 8.03. The Morgan fingerprint density at radius 1 is 1.00 bits per heavy atom. The van der Waals surface area contributed by atoms with E-state index in [0.717, 1.165) is 37.2 Å². The number of terminal acetylenes is 2. The minimum absolute atomic E-state index is 0.105. The largest absolute Gasteiger partial charge is 0.465 e. The predicted molar refractivity (Wildman–Crippen MR) is 156 cm³/mol. The number of carbonyl (C=O) groups excluding carboxylic acids is 3. The maximum atomic E-state index is 13.6. The van der Waals surface area contributed by atoms with Gasteiger partial charge in [0.25, 0.3) is 0 Å². The molecule has 2 aliphatic heterocycles. The summed E-state index contributed by atoms with van der Waals surface area (Å²) in [4.78, 5) is 49.7. The highest BCUT2D eigenvalue weighted by Crippen LogP contribution is 2.42. The van der Waals surface area contributed by atoms with Crippen molar-refractivity contribution in [2.24, 2.45) is 5.41 Å². The fraction of sp³-hybridized carbons (Fsp3) is 0.600. The molecule has 2 saturated heterocycles. The summed E-state index contributed by atoms with van der Waals surface area (Å²) in [6.07, 6.45) is 14.6. The first-order valence-corrected chi connectivity index (χ1v) is 14.4. The fourth-order valence-corrected chi connectivity index (χ4v) is 5.88. The topological polar surface area (TPSA) is 116 Å². The zero-order chi connectivity index (χ0) is 29.2. The van der Waals surface area contributed by atoms with Crippen LogP contribution in [-0.2, 0) is 19.1 Å². The van der Waals surface area contributed by atoms with Crippen LogP contribution in [0.3, 0.4) is 0 Å². The summed E-state index contributed by atoms with van der Waals surface area (Å²) < 4.78 is 11.0. The van der Waals surface area contributed by atoms with Gasteiger partial charge in [-0.3, -0.25) is 9.59 Å². The van der Waals surface area contributed by atoms with Gasteiger partial charge in [0, 0.05) is 32.7 Å². The number of likely N-dealkylation sites (tertiary alicyclic amines) is 1. The lowest BCUT2D eigenvalue weighted by atomic mass is 9.84. The lowest BCUT2D eigenvalue weighted by Gasteiger charge is -2.36. The number of piperazine rings is 1. The molecular formula is C30H40N6O5. The van der Waals surface area contributed by atoms with Gasteiger partial charge in [0.2, 0.25) is 5.91 Å². The number of nitrogens with one attached hydrogen (secondary N) is 2. The molecule has 1 atom stereocenters. The first kappa shape index (κ1) is 29.9. The molecule has 1 aliphatic carbocycles. The normalized spacial score (nSPS) is 19.7. The number of rotatable bonds is 10. The molecule has 11 heteroatoms. The van der Waals surface area contributed by atoms with Gasteiger partial charge in [-0.15, -0.1) is 12.8 Å². The van der Waals surface area contributed by atoms with Gasteiger partial charge in [0.1, 0.15) is 17.8 Å². The van der Waals surface area contributed by atoms with E-state index >= 15 is 0 Å². The quantitative estimate of drug-likeness (QED) is 0.251. The molecule has 4 rings (SSSR count). The molecule has 0 bridgehead atoms. The van der Waals surface area contributed by atoms with E-state index in [4.69, 9.17) is 27.3 Å². The summed E-state index contributed by atoms with van der Waals surface area (Å²) in [5, 5.41) is 6.30. The van der Waals surface area contributed by atoms with Crippen LogP contribution in [0.1, 0.15) is 45.4 Å². The van der Waals surface area contributed by atoms with E-state index in [1.807, 2.05) is 12.1 Å². The maximum Gasteiger partial charge on any atom is 0.409 e. The highest BCUT2D eigenvalue weighted by Gasteiger charge is 2.52. The second-order valence-corrected chi connectivity index (χ2v) is 10.5. The monoisotopic (exact) mass is 564 g/mol. The van der Waals surface area contributed by atoms with Gasteiger partial charge in [0.15, 0.2) is 5.82 Å². The molecule has 41 heavy (non-hydrogen) atoms. The Morgan fingerprint density at radius 3 is 2.39 bits per heavy atom. The number of anilines is 3. The third-order valence-electron chi connectivity index (χ3n) is 8.03. The van der Waals surface area contributed by atoms with Crippen LogP contribution < -0.4 is 15.5 Å². The smallest absolute Gasteiger partial charge is 0.409 e. The number of esters is 1. The zero-order valence-corrected chi connectivity index (χ0v) is 23.8. The van der Waals surface area contributed by atoms with E-state index in [2.05, 4.69) is 27.4 Å². The van der Waals surface area contributed by atoms with Crippen molar-refractivity contribution in [1.82, 2.24) is 14.8 Å². The second kappa shape index (κ2) is 14.0. The summed E-state index contributed by atoms with van der Waals surface area (Å²) >= 11 is 0. The Bertz CT molecular complexity index is 1180. The van der Waals surface area contributed by atoms with Crippen LogP contribution in [0.15, 0.2) is 12.1 Å². The van der Waals surface area contributed by atoms with Gasteiger partial charge >= 0.3 is 12.1 Å². The van der Waals surface area contributed by atoms with Gasteiger partial charge in [-0.2, -0.15) is 0 Å². The molecule has 0 spiro atoms. The third kappa shape index (κ3) is 6.79. The average molecular weight is 565 g/mol. The van der Waals surface area contributed by atoms with E-state index in [1.165, 1.54) is 0 Å². The average Bonchev–Trinajstić information content (AvgIpc) is 3.69. The van der Waals surface area contributed by atoms with Crippen molar-refractivity contribution < 1.29 is 23.9 Å². The molecule has 3 aliphatic rings. The van der Waals surface area contributed by atoms with E-state index in [9.17, 15) is 14.4 Å². The number of amides is 2. The second-order valence-electron chi connectivity index (χ2n) is 10.5. The van der Waals surface area contributed by atoms with Crippen molar-refractivity contribution in [1.29, 1.82) is 0 Å². The zero-order valence-electron chi connectivity index (χ0n) is 23.8. The highest BCUT2D eigenvalue weighted by molar-refractivity contribution is 6.03. The molecule has 2 N–H and O–H groups in total. The fourth-order valence-electron chi connectivity index (χ4n) is 5.88. The molecule has 1 aromatic rings. The first-order valence-electron chi connectivity index (χ1n) is 14.4. The van der Waals surface area contributed by atoms with Crippen LogP contribution in [0.5, 0.6) is 0 Å². The van der Waals surface area contributed by atoms with Crippen molar-refractivity contribution in [3.8, 4) is 24.7 Å². The van der Waals surface area contributed by atoms with Crippen molar-refractivity contribution in [2.75, 3.05) is 74.6 Å². The van der Waals surface area contributed by atoms with E-state index in [-0.39, 0.29) is 25.2 Å². The van der Waals surface area contributed by atoms with Gasteiger partial charge in [-0.05, 0) is 44.7 Å². The summed E-state index contributed by atoms with van der Waals surface area (Å²) in [7, 11) is 0. The highest BCUT2D eigenvalue weighted by atomic mass is 16.6. The van der Waals surface area contributed by atoms with Crippen LogP contribution in [-0.4, -0.2) is 97.8 Å². The Kier molecular flexibility index (Phi) is 10.2. The van der Waals surface area contributed by atoms with Gasteiger partial charge in [-0.25, -0.2) is 9.78 Å². The molecule has 1 aromatic heterocycles. The molecular weight excluding hydrogens is 524 g/mol. The first-order chi connectivity index (χ1) is 19.9. The van der Waals surface area contributed by atoms with Crippen LogP contribution in [0.25, 0.3) is 0 Å². The molecule has 0 aromatic carbocycles. The Labute approximate surface area is 242 Å². The molecule has 3 heterocycles. The molecule has 11 nitrogen and oxygen atoms in total. The van der Waals surface area contributed by atoms with Crippen molar-refractivity contribution in [3.63, 3.8) is 0 Å². The number of aromatic nitrogens is 1. The van der Waals surface area contributed by atoms with E-state index < -0.39 is 17.5 Å². The summed E-state index contributed by atoms with van der Waals surface area (Å²) in [6.45, 7) is 5.40. The molecule has 2 amide bonds. The number of carbonyl (C=O) groups is 3. The molecule has 0 radical (unpaired) electrons. The lowest BCUT2D eigenvalue weighted by Crippen LogP contribution is -2.52. The summed E-state index contributed by atoms with van der Waals surface area (Å²) in [5.41, 5.74) is -0.298. The number of hydrogen-bond donors (Lipinski definition) is 2. The van der Waals surface area contributed by atoms with Crippen molar-refractivity contribution in [3.05, 3.63) is 12.1 Å². The molecule has 1 unspecified atom stereocenters. The number of pyridine rings is 1. The summed E-state index contributed by atoms with van der Waals surface area (Å²) in [6, 6.07) is 3.50. The Hall–Kier alpha value is -4.12. The van der Waals surface area contributed by atoms with Crippen LogP contribution in [0.4, 0.5) is 22.1 Å². The summed E-state index contributed by atoms with van der Waals surface area (Å²) in [5.74, 6) is 5.91. The minimum atomic E-state index is -1.10. The number of nitrogens with zero attached hydrogens (tertiary/aromatic N) is 4. The van der Waals surface area contributed by atoms with E-state index in [1.54, 1.807) is 16.7 Å². The van der Waals surface area contributed by atoms with Crippen LogP contribution in [0.2, 0.25) is 0 Å². The van der Waals surface area contributed by atoms with Gasteiger partial charge in [-0.1, -0.05) is 24.7 Å². The van der Waals surface area contributed by atoms with Crippen molar-refractivity contribution in [2.45, 2.75) is 51.5 Å². The SMILES string of the molecule is C#CCNc1ccc(NCC#C)c(N2CCN(C(=O)OCC3CCCN3C(=O)C3(C(=O)OCC)CCCC3)CC2)n1. The number of hydrogen-bond acceptors (Lipinski definition) is 9. The van der Waals surface area contributed by atoms with E-state index in [0.29, 0.717) is 64.5 Å². The lowest BCUT2D eigenvalue weighted by molar-refractivity contribution is -0.165. The minimum Gasteiger partial charge on any atom is -0.465 e. The van der Waals surface area contributed by atoms with Crippen LogP contribution >= 0.6 is 0 Å². The van der Waals surface area contributed by atoms with Gasteiger partial charge in [0.05, 0.1) is 31.4 Å².